The summed E-state index contributed by atoms with van der Waals surface area (Å²) >= 11 is 0. The predicted molar refractivity (Wildman–Crippen MR) is 290 cm³/mol. The molecule has 8 atom stereocenters. The summed E-state index contributed by atoms with van der Waals surface area (Å²) in [5.74, 6) is -0.941. The molecular weight excluding hydrogens is 927 g/mol. The fraction of sp³-hybridized carbons (Fsp3) is 0.422. The Morgan fingerprint density at radius 1 is 0.541 bits per heavy atom. The first kappa shape index (κ1) is 54.7. The van der Waals surface area contributed by atoms with E-state index >= 15 is 0 Å². The van der Waals surface area contributed by atoms with Crippen LogP contribution >= 0.6 is 0 Å². The van der Waals surface area contributed by atoms with Crippen LogP contribution in [0.5, 0.6) is 0 Å². The summed E-state index contributed by atoms with van der Waals surface area (Å²) < 4.78 is 53.8. The van der Waals surface area contributed by atoms with Crippen molar-refractivity contribution in [1.82, 2.24) is 5.32 Å². The molecule has 74 heavy (non-hydrogen) atoms. The fourth-order valence-electron chi connectivity index (χ4n) is 9.87. The lowest BCUT2D eigenvalue weighted by molar-refractivity contribution is -0.329. The van der Waals surface area contributed by atoms with Gasteiger partial charge in [-0.3, -0.25) is 4.79 Å². The summed E-state index contributed by atoms with van der Waals surface area (Å²) in [7, 11) is 0. The highest BCUT2D eigenvalue weighted by Gasteiger charge is 2.50. The first-order valence-corrected chi connectivity index (χ1v) is 26.9. The van der Waals surface area contributed by atoms with E-state index < -0.39 is 48.6 Å². The van der Waals surface area contributed by atoms with Crippen LogP contribution in [0, 0.1) is 0 Å². The van der Waals surface area contributed by atoms with Gasteiger partial charge in [0.15, 0.2) is 12.1 Å². The van der Waals surface area contributed by atoms with E-state index in [4.69, 9.17) is 37.9 Å². The van der Waals surface area contributed by atoms with E-state index in [2.05, 4.69) is 60.8 Å². The van der Waals surface area contributed by atoms with Gasteiger partial charge in [-0.15, -0.1) is 0 Å². The molecule has 0 radical (unpaired) electrons. The Morgan fingerprint density at radius 2 is 1.01 bits per heavy atom. The van der Waals surface area contributed by atoms with Gasteiger partial charge in [-0.1, -0.05) is 190 Å². The molecule has 10 heteroatoms. The molecule has 2 aliphatic rings. The van der Waals surface area contributed by atoms with Gasteiger partial charge in [0.05, 0.1) is 51.8 Å². The minimum atomic E-state index is -0.965. The Kier molecular flexibility index (Phi) is 21.0. The molecule has 8 rings (SSSR count). The number of ether oxygens (including phenoxy) is 8. The van der Waals surface area contributed by atoms with Crippen molar-refractivity contribution in [3.63, 3.8) is 0 Å². The monoisotopic (exact) mass is 1000 g/mol. The molecule has 5 unspecified atom stereocenters. The molecule has 2 saturated heterocycles. The molecule has 2 fully saturated rings. The van der Waals surface area contributed by atoms with Crippen LogP contribution in [-0.4, -0.2) is 73.9 Å². The minimum absolute atomic E-state index is 0.0442. The number of amides is 1. The second kappa shape index (κ2) is 28.4. The molecule has 2 aliphatic heterocycles. The Morgan fingerprint density at radius 3 is 1.50 bits per heavy atom. The minimum Gasteiger partial charge on any atom is -0.374 e. The summed E-state index contributed by atoms with van der Waals surface area (Å²) in [6.07, 6.45) is 3.17. The summed E-state index contributed by atoms with van der Waals surface area (Å²) in [6, 6.07) is 57.4. The average Bonchev–Trinajstić information content (AvgIpc) is 3.72. The normalized spacial score (nSPS) is 21.8. The van der Waals surface area contributed by atoms with Gasteiger partial charge in [0.2, 0.25) is 5.91 Å². The van der Waals surface area contributed by atoms with Gasteiger partial charge in [0, 0.05) is 6.42 Å². The van der Waals surface area contributed by atoms with Crippen LogP contribution < -0.4 is 5.32 Å². The maximum absolute atomic E-state index is 14.0. The average molecular weight is 1000 g/mol. The highest BCUT2D eigenvalue weighted by atomic mass is 16.8. The lowest BCUT2D eigenvalue weighted by Crippen LogP contribution is -2.62. The molecule has 392 valence electrons. The number of benzene rings is 6. The van der Waals surface area contributed by atoms with Crippen molar-refractivity contribution in [2.45, 2.75) is 160 Å². The predicted octanol–water partition coefficient (Wildman–Crippen LogP) is 12.5. The SMILES string of the molecule is CCCCCc1ccc(-c2ccc(CCCCC(=O)N[C@@H](COC3OC(COCc4ccccc4)C(OCc4ccccc4)C(OCc4ccccc4)C3OCc3ccccc3)[C@@H]3OC(C)(C)O[C@@H]3C)cc2)cc1. The zero-order valence-electron chi connectivity index (χ0n) is 43.9. The van der Waals surface area contributed by atoms with E-state index in [1.165, 1.54) is 41.5 Å². The Labute approximate surface area is 440 Å². The van der Waals surface area contributed by atoms with Crippen LogP contribution in [0.4, 0.5) is 0 Å². The van der Waals surface area contributed by atoms with Gasteiger partial charge in [0.1, 0.15) is 30.5 Å². The number of hydrogen-bond acceptors (Lipinski definition) is 9. The number of hydrogen-bond donors (Lipinski definition) is 1. The van der Waals surface area contributed by atoms with Crippen molar-refractivity contribution in [1.29, 1.82) is 0 Å². The van der Waals surface area contributed by atoms with Gasteiger partial charge in [-0.2, -0.15) is 0 Å². The maximum Gasteiger partial charge on any atom is 0.220 e. The zero-order chi connectivity index (χ0) is 51.4. The van der Waals surface area contributed by atoms with Crippen LogP contribution in [0.15, 0.2) is 170 Å². The second-order valence-electron chi connectivity index (χ2n) is 20.2. The van der Waals surface area contributed by atoms with Crippen LogP contribution in [0.2, 0.25) is 0 Å². The Hall–Kier alpha value is -5.53. The van der Waals surface area contributed by atoms with Crippen LogP contribution in [-0.2, 0) is 82.0 Å². The first-order chi connectivity index (χ1) is 36.2. The van der Waals surface area contributed by atoms with E-state index in [1.807, 2.05) is 142 Å². The van der Waals surface area contributed by atoms with Crippen molar-refractivity contribution in [2.75, 3.05) is 13.2 Å². The quantitative estimate of drug-likeness (QED) is 0.0481. The molecule has 0 aliphatic carbocycles. The fourth-order valence-corrected chi connectivity index (χ4v) is 9.87. The number of rotatable bonds is 28. The molecular formula is C64H77NO9. The van der Waals surface area contributed by atoms with Crippen LogP contribution in [0.1, 0.15) is 99.6 Å². The van der Waals surface area contributed by atoms with Crippen molar-refractivity contribution >= 4 is 5.91 Å². The number of carbonyl (C=O) groups excluding carboxylic acids is 1. The highest BCUT2D eigenvalue weighted by molar-refractivity contribution is 5.76. The first-order valence-electron chi connectivity index (χ1n) is 26.9. The number of unbranched alkanes of at least 4 members (excludes halogenated alkanes) is 3. The lowest BCUT2D eigenvalue weighted by Gasteiger charge is -2.46. The van der Waals surface area contributed by atoms with Crippen molar-refractivity contribution in [2.24, 2.45) is 0 Å². The second-order valence-corrected chi connectivity index (χ2v) is 20.2. The Bertz CT molecular complexity index is 2510. The van der Waals surface area contributed by atoms with Crippen LogP contribution in [0.3, 0.4) is 0 Å². The van der Waals surface area contributed by atoms with Gasteiger partial charge >= 0.3 is 0 Å². The highest BCUT2D eigenvalue weighted by Crippen LogP contribution is 2.34. The third-order valence-electron chi connectivity index (χ3n) is 13.8. The smallest absolute Gasteiger partial charge is 0.220 e. The molecule has 0 saturated carbocycles. The third-order valence-corrected chi connectivity index (χ3v) is 13.8. The summed E-state index contributed by atoms with van der Waals surface area (Å²) in [4.78, 5) is 14.0. The molecule has 0 spiro atoms. The zero-order valence-corrected chi connectivity index (χ0v) is 43.9. The van der Waals surface area contributed by atoms with Gasteiger partial charge in [-0.05, 0) is 97.4 Å². The van der Waals surface area contributed by atoms with Gasteiger partial charge in [0.25, 0.3) is 0 Å². The molecule has 0 bridgehead atoms. The Balaban J connectivity index is 0.979. The molecule has 6 aromatic carbocycles. The van der Waals surface area contributed by atoms with Gasteiger partial charge in [-0.25, -0.2) is 0 Å². The van der Waals surface area contributed by atoms with E-state index in [1.54, 1.807) is 0 Å². The summed E-state index contributed by atoms with van der Waals surface area (Å²) in [5, 5.41) is 3.30. The number of aryl methyl sites for hydroxylation is 2. The lowest BCUT2D eigenvalue weighted by atomic mass is 9.97. The van der Waals surface area contributed by atoms with Crippen molar-refractivity contribution < 1.29 is 42.7 Å². The third kappa shape index (κ3) is 16.7. The largest absolute Gasteiger partial charge is 0.374 e. The van der Waals surface area contributed by atoms with Crippen molar-refractivity contribution in [3.05, 3.63) is 203 Å². The molecule has 6 aromatic rings. The summed E-state index contributed by atoms with van der Waals surface area (Å²) in [6.45, 7) is 9.48. The van der Waals surface area contributed by atoms with E-state index in [0.29, 0.717) is 26.2 Å². The number of nitrogens with one attached hydrogen (secondary N) is 1. The van der Waals surface area contributed by atoms with Gasteiger partial charge < -0.3 is 43.2 Å². The molecule has 10 nitrogen and oxygen atoms in total. The number of carbonyl (C=O) groups is 1. The molecule has 2 heterocycles. The molecule has 1 amide bonds. The topological polar surface area (TPSA) is 103 Å². The van der Waals surface area contributed by atoms with Crippen molar-refractivity contribution in [3.8, 4) is 11.1 Å². The summed E-state index contributed by atoms with van der Waals surface area (Å²) in [5.41, 5.74) is 9.12. The standard InChI is InChI=1S/C64H77NO9/c1-5-6-11-22-48-33-37-54(38-34-48)55-39-35-49(36-40-55)23-20-21-32-58(66)65-56(59-47(2)73-64(3,4)74-59)45-71-63-62(70-44-53-30-18-10-19-31-53)61(69-43-52-28-16-9-17-29-52)60(68-42-51-26-14-8-15-27-51)57(72-63)46-67-41-50-24-12-7-13-25-50/h7-10,12-19,24-31,33-40,47,56-57,59-63H,5-6,11,20-23,32,41-46H2,1-4H3,(H,65,66)/t47-,56+,57?,59-,60?,61?,62?,63?/m1/s1. The van der Waals surface area contributed by atoms with E-state index in [-0.39, 0.29) is 31.8 Å². The molecule has 0 aromatic heterocycles. The maximum atomic E-state index is 14.0. The van der Waals surface area contributed by atoms with Crippen LogP contribution in [0.25, 0.3) is 11.1 Å². The van der Waals surface area contributed by atoms with E-state index in [9.17, 15) is 4.79 Å². The molecule has 1 N–H and O–H groups in total. The van der Waals surface area contributed by atoms with E-state index in [0.717, 1.165) is 47.9 Å².